The maximum Gasteiger partial charge on any atom is 0.320 e. The Kier molecular flexibility index (Phi) is 6.71. The van der Waals surface area contributed by atoms with Gasteiger partial charge in [-0.05, 0) is 11.1 Å². The standard InChI is InChI=1S/C14H14O5S2/c15-20(17-11-13-7-3-1-4-8-13)19-21(16)18-12-14-9-5-2-6-10-14/h1-10H,11-12H2. The van der Waals surface area contributed by atoms with E-state index >= 15 is 0 Å². The zero-order valence-corrected chi connectivity index (χ0v) is 12.7. The van der Waals surface area contributed by atoms with Gasteiger partial charge in [0.1, 0.15) is 0 Å². The van der Waals surface area contributed by atoms with Gasteiger partial charge in [-0.1, -0.05) is 60.7 Å². The van der Waals surface area contributed by atoms with Crippen LogP contribution in [0.3, 0.4) is 0 Å². The van der Waals surface area contributed by atoms with E-state index in [1.807, 2.05) is 60.7 Å². The van der Waals surface area contributed by atoms with Crippen LogP contribution in [0, 0.1) is 0 Å². The Morgan fingerprint density at radius 3 is 1.43 bits per heavy atom. The Labute approximate surface area is 128 Å². The number of rotatable bonds is 8. The quantitative estimate of drug-likeness (QED) is 0.746. The molecular weight excluding hydrogens is 312 g/mol. The van der Waals surface area contributed by atoms with E-state index in [0.717, 1.165) is 11.1 Å². The first-order valence-electron chi connectivity index (χ1n) is 6.11. The van der Waals surface area contributed by atoms with E-state index in [9.17, 15) is 8.42 Å². The van der Waals surface area contributed by atoms with Crippen LogP contribution in [-0.4, -0.2) is 8.42 Å². The number of hydrogen-bond acceptors (Lipinski definition) is 5. The molecular formula is C14H14O5S2. The van der Waals surface area contributed by atoms with Gasteiger partial charge >= 0.3 is 22.7 Å². The average Bonchev–Trinajstić information content (AvgIpc) is 2.53. The van der Waals surface area contributed by atoms with Crippen molar-refractivity contribution in [2.45, 2.75) is 13.2 Å². The van der Waals surface area contributed by atoms with Crippen molar-refractivity contribution in [1.82, 2.24) is 0 Å². The smallest absolute Gasteiger partial charge is 0.263 e. The summed E-state index contributed by atoms with van der Waals surface area (Å²) < 4.78 is 37.3. The minimum absolute atomic E-state index is 0.101. The van der Waals surface area contributed by atoms with Crippen LogP contribution in [0.1, 0.15) is 11.1 Å². The second-order valence-electron chi connectivity index (χ2n) is 3.97. The fraction of sp³-hybridized carbons (Fsp3) is 0.143. The fourth-order valence-corrected chi connectivity index (χ4v) is 2.61. The summed E-state index contributed by atoms with van der Waals surface area (Å²) in [5, 5.41) is 0. The van der Waals surface area contributed by atoms with Crippen LogP contribution < -0.4 is 0 Å². The molecule has 0 aliphatic carbocycles. The van der Waals surface area contributed by atoms with E-state index in [4.69, 9.17) is 8.37 Å². The van der Waals surface area contributed by atoms with Crippen molar-refractivity contribution in [2.24, 2.45) is 0 Å². The van der Waals surface area contributed by atoms with Crippen molar-refractivity contribution in [3.05, 3.63) is 71.8 Å². The van der Waals surface area contributed by atoms with Crippen LogP contribution in [0.15, 0.2) is 60.7 Å². The maximum atomic E-state index is 11.4. The third kappa shape index (κ3) is 6.28. The molecule has 0 heterocycles. The molecule has 5 nitrogen and oxygen atoms in total. The summed E-state index contributed by atoms with van der Waals surface area (Å²) in [7, 11) is 0. The third-order valence-corrected chi connectivity index (χ3v) is 3.95. The highest BCUT2D eigenvalue weighted by Crippen LogP contribution is 2.06. The van der Waals surface area contributed by atoms with Gasteiger partial charge in [-0.3, -0.25) is 8.37 Å². The molecule has 2 rings (SSSR count). The summed E-state index contributed by atoms with van der Waals surface area (Å²) in [6.07, 6.45) is 0. The van der Waals surface area contributed by atoms with E-state index in [0.29, 0.717) is 0 Å². The minimum atomic E-state index is -2.13. The molecule has 0 saturated heterocycles. The van der Waals surface area contributed by atoms with Crippen LogP contribution >= 0.6 is 0 Å². The highest BCUT2D eigenvalue weighted by molar-refractivity contribution is 7.88. The first kappa shape index (κ1) is 16.0. The van der Waals surface area contributed by atoms with Crippen LogP contribution in [-0.2, 0) is 47.9 Å². The molecule has 21 heavy (non-hydrogen) atoms. The van der Waals surface area contributed by atoms with Gasteiger partial charge in [-0.25, -0.2) is 0 Å². The van der Waals surface area contributed by atoms with E-state index in [1.54, 1.807) is 0 Å². The zero-order chi connectivity index (χ0) is 14.9. The van der Waals surface area contributed by atoms with Crippen molar-refractivity contribution in [3.8, 4) is 0 Å². The highest BCUT2D eigenvalue weighted by atomic mass is 32.3. The lowest BCUT2D eigenvalue weighted by atomic mass is 10.2. The molecule has 0 atom stereocenters. The summed E-state index contributed by atoms with van der Waals surface area (Å²) in [6, 6.07) is 18.4. The molecule has 0 aliphatic rings. The maximum absolute atomic E-state index is 11.4. The molecule has 0 radical (unpaired) electrons. The largest absolute Gasteiger partial charge is 0.320 e. The molecule has 0 amide bonds. The van der Waals surface area contributed by atoms with Crippen LogP contribution in [0.4, 0.5) is 0 Å². The molecule has 112 valence electrons. The van der Waals surface area contributed by atoms with Crippen LogP contribution in [0.5, 0.6) is 0 Å². The predicted octanol–water partition coefficient (Wildman–Crippen LogP) is 2.59. The minimum Gasteiger partial charge on any atom is -0.263 e. The van der Waals surface area contributed by atoms with Gasteiger partial charge in [0.2, 0.25) is 0 Å². The van der Waals surface area contributed by atoms with Crippen molar-refractivity contribution < 1.29 is 20.4 Å². The topological polar surface area (TPSA) is 61.8 Å². The molecule has 0 unspecified atom stereocenters. The molecule has 0 aromatic heterocycles. The molecule has 7 heteroatoms. The molecule has 0 N–H and O–H groups in total. The predicted molar refractivity (Wildman–Crippen MR) is 79.8 cm³/mol. The van der Waals surface area contributed by atoms with Crippen molar-refractivity contribution >= 4 is 22.7 Å². The van der Waals surface area contributed by atoms with Crippen molar-refractivity contribution in [2.75, 3.05) is 0 Å². The zero-order valence-electron chi connectivity index (χ0n) is 11.0. The Morgan fingerprint density at radius 2 is 1.05 bits per heavy atom. The third-order valence-electron chi connectivity index (χ3n) is 2.44. The Bertz CT molecular complexity index is 535. The second-order valence-corrected chi connectivity index (χ2v) is 5.80. The summed E-state index contributed by atoms with van der Waals surface area (Å²) in [4.78, 5) is 0. The Morgan fingerprint density at radius 1 is 0.667 bits per heavy atom. The normalized spacial score (nSPS) is 13.7. The summed E-state index contributed by atoms with van der Waals surface area (Å²) >= 11 is -4.27. The summed E-state index contributed by atoms with van der Waals surface area (Å²) in [6.45, 7) is 0.201. The van der Waals surface area contributed by atoms with Crippen LogP contribution in [0.2, 0.25) is 0 Å². The second kappa shape index (κ2) is 8.81. The lowest BCUT2D eigenvalue weighted by Crippen LogP contribution is -2.07. The summed E-state index contributed by atoms with van der Waals surface area (Å²) in [5.74, 6) is 0. The lowest BCUT2D eigenvalue weighted by Gasteiger charge is -2.04. The number of hydrogen-bond donors (Lipinski definition) is 0. The van der Waals surface area contributed by atoms with E-state index in [2.05, 4.69) is 3.63 Å². The molecule has 0 fully saturated rings. The van der Waals surface area contributed by atoms with Crippen LogP contribution in [0.25, 0.3) is 0 Å². The fourth-order valence-electron chi connectivity index (χ4n) is 1.47. The van der Waals surface area contributed by atoms with Gasteiger partial charge in [0.25, 0.3) is 0 Å². The van der Waals surface area contributed by atoms with E-state index in [1.165, 1.54) is 0 Å². The molecule has 0 aliphatic heterocycles. The van der Waals surface area contributed by atoms with Gasteiger partial charge in [-0.15, -0.1) is 3.63 Å². The lowest BCUT2D eigenvalue weighted by molar-refractivity contribution is 0.273. The van der Waals surface area contributed by atoms with Gasteiger partial charge in [-0.2, -0.15) is 8.42 Å². The van der Waals surface area contributed by atoms with E-state index in [-0.39, 0.29) is 13.2 Å². The molecule has 0 spiro atoms. The monoisotopic (exact) mass is 326 g/mol. The SMILES string of the molecule is O=S(OCc1ccccc1)OS(=O)OCc1ccccc1. The van der Waals surface area contributed by atoms with Gasteiger partial charge in [0.15, 0.2) is 0 Å². The van der Waals surface area contributed by atoms with Crippen molar-refractivity contribution in [1.29, 1.82) is 0 Å². The molecule has 2 aromatic carbocycles. The Balaban J connectivity index is 1.69. The first-order valence-corrected chi connectivity index (χ1v) is 8.11. The van der Waals surface area contributed by atoms with Gasteiger partial charge in [0, 0.05) is 0 Å². The summed E-state index contributed by atoms with van der Waals surface area (Å²) in [5.41, 5.74) is 1.68. The first-order chi connectivity index (χ1) is 10.2. The van der Waals surface area contributed by atoms with E-state index < -0.39 is 22.7 Å². The Hall–Kier alpha value is -1.38. The average molecular weight is 326 g/mol. The van der Waals surface area contributed by atoms with Gasteiger partial charge in [0.05, 0.1) is 13.2 Å². The molecule has 2 aromatic rings. The molecule has 0 bridgehead atoms. The van der Waals surface area contributed by atoms with Crippen molar-refractivity contribution in [3.63, 3.8) is 0 Å². The highest BCUT2D eigenvalue weighted by Gasteiger charge is 2.10. The molecule has 0 saturated carbocycles. The number of benzene rings is 2. The van der Waals surface area contributed by atoms with Gasteiger partial charge < -0.3 is 0 Å².